The van der Waals surface area contributed by atoms with Crippen LogP contribution in [0.2, 0.25) is 0 Å². The highest BCUT2D eigenvalue weighted by atomic mass is 16.6. The van der Waals surface area contributed by atoms with E-state index in [-0.39, 0.29) is 23.6 Å². The third-order valence-electron chi connectivity index (χ3n) is 6.40. The van der Waals surface area contributed by atoms with Gasteiger partial charge in [-0.25, -0.2) is 4.79 Å². The summed E-state index contributed by atoms with van der Waals surface area (Å²) in [5, 5.41) is 7.42. The average molecular weight is 452 g/mol. The molecule has 3 aliphatic rings. The summed E-state index contributed by atoms with van der Waals surface area (Å²) in [7, 11) is 3.83. The Hall–Kier alpha value is -3.32. The number of carbonyl (C=O) groups excluding carboxylic acids is 1. The molecule has 2 aromatic rings. The van der Waals surface area contributed by atoms with Gasteiger partial charge in [-0.2, -0.15) is 0 Å². The largest absolute Gasteiger partial charge is 0.493 e. The monoisotopic (exact) mass is 451 g/mol. The summed E-state index contributed by atoms with van der Waals surface area (Å²) in [5.74, 6) is 0.490. The van der Waals surface area contributed by atoms with Crippen molar-refractivity contribution in [2.24, 2.45) is 0 Å². The van der Waals surface area contributed by atoms with Gasteiger partial charge < -0.3 is 24.2 Å². The Balaban J connectivity index is 0.000000601. The zero-order chi connectivity index (χ0) is 23.6. The van der Waals surface area contributed by atoms with Crippen molar-refractivity contribution < 1.29 is 28.9 Å². The Kier molecular flexibility index (Phi) is 6.42. The minimum absolute atomic E-state index is 0.0716. The Morgan fingerprint density at radius 2 is 1.91 bits per heavy atom. The van der Waals surface area contributed by atoms with E-state index in [1.54, 1.807) is 19.2 Å². The number of esters is 1. The minimum Gasteiger partial charge on any atom is -0.493 e. The number of rotatable bonds is 3. The minimum atomic E-state index is -0.833. The fourth-order valence-electron chi connectivity index (χ4n) is 4.93. The number of benzene rings is 2. The standard InChI is InChI=1S/C24H25NO4.C2H4O2/c1-25-13-12-24-11-10-18(28-23(26)16-6-4-3-5-7-16)14-20(24)29-22-19(27-2)9-8-17(15-25)21(22)24;1-2(3)4/h3-11,18,20H,12-15H2,1-2H3;1H3,(H,3,4). The van der Waals surface area contributed by atoms with E-state index in [4.69, 9.17) is 24.1 Å². The maximum atomic E-state index is 12.5. The first kappa shape index (κ1) is 22.9. The summed E-state index contributed by atoms with van der Waals surface area (Å²) in [5.41, 5.74) is 2.90. The van der Waals surface area contributed by atoms with Crippen LogP contribution in [0, 0.1) is 0 Å². The number of nitrogens with zero attached hydrogens (tertiary/aromatic N) is 1. The molecular formula is C26H29NO6. The van der Waals surface area contributed by atoms with Gasteiger partial charge >= 0.3 is 5.97 Å². The second kappa shape index (κ2) is 9.27. The lowest BCUT2D eigenvalue weighted by molar-refractivity contribution is -0.134. The molecule has 0 bridgehead atoms. The summed E-state index contributed by atoms with van der Waals surface area (Å²) in [6.45, 7) is 2.96. The molecule has 5 rings (SSSR count). The fraction of sp³-hybridized carbons (Fsp3) is 0.385. The molecule has 1 spiro atoms. The van der Waals surface area contributed by atoms with Crippen molar-refractivity contribution in [2.75, 3.05) is 20.7 Å². The van der Waals surface area contributed by atoms with E-state index in [0.29, 0.717) is 12.0 Å². The van der Waals surface area contributed by atoms with Gasteiger partial charge in [0.2, 0.25) is 0 Å². The third-order valence-corrected chi connectivity index (χ3v) is 6.40. The summed E-state index contributed by atoms with van der Waals surface area (Å²) in [6.07, 6.45) is 5.50. The first-order valence-electron chi connectivity index (χ1n) is 11.0. The Morgan fingerprint density at radius 3 is 2.61 bits per heavy atom. The van der Waals surface area contributed by atoms with E-state index >= 15 is 0 Å². The molecule has 0 fully saturated rings. The van der Waals surface area contributed by atoms with Crippen LogP contribution in [0.15, 0.2) is 54.6 Å². The van der Waals surface area contributed by atoms with Crippen LogP contribution in [0.4, 0.5) is 0 Å². The maximum Gasteiger partial charge on any atom is 0.338 e. The normalized spacial score (nSPS) is 24.8. The quantitative estimate of drug-likeness (QED) is 0.561. The Bertz CT molecular complexity index is 1060. The maximum absolute atomic E-state index is 12.5. The topological polar surface area (TPSA) is 85.3 Å². The zero-order valence-electron chi connectivity index (χ0n) is 19.1. The highest BCUT2D eigenvalue weighted by molar-refractivity contribution is 5.89. The number of carboxylic acids is 1. The van der Waals surface area contributed by atoms with Crippen molar-refractivity contribution >= 4 is 11.9 Å². The van der Waals surface area contributed by atoms with Gasteiger partial charge in [0.15, 0.2) is 11.5 Å². The molecule has 3 unspecified atom stereocenters. The van der Waals surface area contributed by atoms with Crippen molar-refractivity contribution in [1.29, 1.82) is 0 Å². The number of hydrogen-bond donors (Lipinski definition) is 1. The molecule has 0 saturated heterocycles. The average Bonchev–Trinajstić information content (AvgIpc) is 3.05. The number of hydrogen-bond acceptors (Lipinski definition) is 6. The van der Waals surface area contributed by atoms with Crippen molar-refractivity contribution in [3.05, 3.63) is 71.3 Å². The van der Waals surface area contributed by atoms with Crippen molar-refractivity contribution in [3.63, 3.8) is 0 Å². The Labute approximate surface area is 193 Å². The Morgan fingerprint density at radius 1 is 1.18 bits per heavy atom. The van der Waals surface area contributed by atoms with Crippen LogP contribution in [-0.4, -0.2) is 54.9 Å². The van der Waals surface area contributed by atoms with Crippen molar-refractivity contribution in [2.45, 2.75) is 43.9 Å². The predicted molar refractivity (Wildman–Crippen MR) is 123 cm³/mol. The molecule has 7 heteroatoms. The molecule has 0 radical (unpaired) electrons. The smallest absolute Gasteiger partial charge is 0.338 e. The summed E-state index contributed by atoms with van der Waals surface area (Å²) >= 11 is 0. The van der Waals surface area contributed by atoms with Crippen LogP contribution < -0.4 is 9.47 Å². The molecule has 2 aromatic carbocycles. The number of carboxylic acid groups (broad SMARTS) is 1. The second-order valence-electron chi connectivity index (χ2n) is 8.69. The lowest BCUT2D eigenvalue weighted by Gasteiger charge is -2.36. The number of ether oxygens (including phenoxy) is 3. The summed E-state index contributed by atoms with van der Waals surface area (Å²) in [4.78, 5) is 23.9. The molecule has 1 N–H and O–H groups in total. The molecule has 0 amide bonds. The van der Waals surface area contributed by atoms with E-state index in [1.807, 2.05) is 30.3 Å². The van der Waals surface area contributed by atoms with Gasteiger partial charge in [0.25, 0.3) is 5.97 Å². The number of carbonyl (C=O) groups is 2. The van der Waals surface area contributed by atoms with Gasteiger partial charge in [0.1, 0.15) is 12.2 Å². The fourth-order valence-corrected chi connectivity index (χ4v) is 4.93. The van der Waals surface area contributed by atoms with Crippen LogP contribution in [0.25, 0.3) is 0 Å². The van der Waals surface area contributed by atoms with E-state index in [0.717, 1.165) is 37.9 Å². The highest BCUT2D eigenvalue weighted by Gasteiger charge is 2.53. The van der Waals surface area contributed by atoms with E-state index in [2.05, 4.69) is 24.1 Å². The molecule has 1 aliphatic carbocycles. The highest BCUT2D eigenvalue weighted by Crippen LogP contribution is 2.55. The van der Waals surface area contributed by atoms with E-state index in [9.17, 15) is 4.79 Å². The van der Waals surface area contributed by atoms with Crippen molar-refractivity contribution in [3.8, 4) is 11.5 Å². The predicted octanol–water partition coefficient (Wildman–Crippen LogP) is 3.81. The number of methoxy groups -OCH3 is 1. The molecule has 174 valence electrons. The number of aliphatic carboxylic acids is 1. The molecule has 33 heavy (non-hydrogen) atoms. The van der Waals surface area contributed by atoms with Crippen molar-refractivity contribution in [1.82, 2.24) is 4.90 Å². The van der Waals surface area contributed by atoms with E-state index in [1.165, 1.54) is 11.1 Å². The van der Waals surface area contributed by atoms with Crippen LogP contribution >= 0.6 is 0 Å². The molecule has 7 nitrogen and oxygen atoms in total. The van der Waals surface area contributed by atoms with E-state index < -0.39 is 5.97 Å². The van der Waals surface area contributed by atoms with Gasteiger partial charge in [0, 0.05) is 25.5 Å². The van der Waals surface area contributed by atoms with Gasteiger partial charge in [-0.3, -0.25) is 4.79 Å². The van der Waals surface area contributed by atoms with Crippen LogP contribution in [0.5, 0.6) is 11.5 Å². The zero-order valence-corrected chi connectivity index (χ0v) is 19.1. The van der Waals surface area contributed by atoms with Crippen LogP contribution in [0.1, 0.15) is 41.3 Å². The van der Waals surface area contributed by atoms with Gasteiger partial charge in [-0.1, -0.05) is 30.3 Å². The lowest BCUT2D eigenvalue weighted by atomic mass is 9.69. The molecule has 0 saturated carbocycles. The third kappa shape index (κ3) is 4.46. The molecule has 2 aliphatic heterocycles. The van der Waals surface area contributed by atoms with Gasteiger partial charge in [-0.15, -0.1) is 0 Å². The summed E-state index contributed by atoms with van der Waals surface area (Å²) in [6, 6.07) is 13.3. The first-order chi connectivity index (χ1) is 15.8. The molecule has 2 heterocycles. The van der Waals surface area contributed by atoms with Gasteiger partial charge in [0.05, 0.1) is 18.1 Å². The summed E-state index contributed by atoms with van der Waals surface area (Å²) < 4.78 is 17.9. The van der Waals surface area contributed by atoms with Gasteiger partial charge in [-0.05, 0) is 49.9 Å². The molecular weight excluding hydrogens is 422 g/mol. The first-order valence-corrected chi connectivity index (χ1v) is 11.0. The lowest BCUT2D eigenvalue weighted by Crippen LogP contribution is -2.43. The molecule has 3 atom stereocenters. The second-order valence-corrected chi connectivity index (χ2v) is 8.69. The molecule has 0 aromatic heterocycles. The van der Waals surface area contributed by atoms with Crippen LogP contribution in [0.3, 0.4) is 0 Å². The van der Waals surface area contributed by atoms with Crippen LogP contribution in [-0.2, 0) is 21.5 Å². The SMILES string of the molecule is CC(=O)O.COc1ccc2c3c1OC1CC(OC(=O)c4ccccc4)C=CC31CCN(C)C2.